The van der Waals surface area contributed by atoms with Crippen molar-refractivity contribution in [1.29, 1.82) is 0 Å². The topological polar surface area (TPSA) is 26.3 Å². The van der Waals surface area contributed by atoms with E-state index in [0.29, 0.717) is 6.42 Å². The molecule has 0 saturated heterocycles. The fraction of sp³-hybridized carbons (Fsp3) is 0.688. The van der Waals surface area contributed by atoms with Gasteiger partial charge in [0.25, 0.3) is 0 Å². The molecule has 0 aromatic carbocycles. The minimum Gasteiger partial charge on any atom is -0.362 e. The highest BCUT2D eigenvalue weighted by Gasteiger charge is 2.38. The van der Waals surface area contributed by atoms with Crippen molar-refractivity contribution in [2.45, 2.75) is 64.4 Å². The molecule has 18 heavy (non-hydrogen) atoms. The van der Waals surface area contributed by atoms with Crippen LogP contribution in [0.25, 0.3) is 0 Å². The van der Waals surface area contributed by atoms with Crippen molar-refractivity contribution < 1.29 is 9.53 Å². The molecule has 0 bridgehead atoms. The van der Waals surface area contributed by atoms with Gasteiger partial charge >= 0.3 is 0 Å². The van der Waals surface area contributed by atoms with Gasteiger partial charge in [0.05, 0.1) is 0 Å². The van der Waals surface area contributed by atoms with Crippen molar-refractivity contribution in [3.63, 3.8) is 0 Å². The summed E-state index contributed by atoms with van der Waals surface area (Å²) in [5.41, 5.74) is 0.240. The lowest BCUT2D eigenvalue weighted by Crippen LogP contribution is -2.38. The molecule has 0 amide bonds. The van der Waals surface area contributed by atoms with E-state index in [9.17, 15) is 4.79 Å². The molecule has 0 N–H and O–H groups in total. The molecule has 0 spiro atoms. The maximum Gasteiger partial charge on any atom is 0.172 e. The zero-order chi connectivity index (χ0) is 13.4. The third-order valence-electron chi connectivity index (χ3n) is 3.76. The van der Waals surface area contributed by atoms with Gasteiger partial charge in [-0.25, -0.2) is 0 Å². The Kier molecular flexibility index (Phi) is 6.34. The van der Waals surface area contributed by atoms with Gasteiger partial charge in [-0.05, 0) is 25.0 Å². The summed E-state index contributed by atoms with van der Waals surface area (Å²) in [6, 6.07) is 0. The first-order valence-electron chi connectivity index (χ1n) is 7.12. The molecule has 0 aromatic rings. The number of rotatable bonds is 9. The van der Waals surface area contributed by atoms with Gasteiger partial charge in [-0.2, -0.15) is 0 Å². The van der Waals surface area contributed by atoms with E-state index in [1.807, 2.05) is 25.2 Å². The van der Waals surface area contributed by atoms with Crippen LogP contribution in [0.1, 0.15) is 58.8 Å². The van der Waals surface area contributed by atoms with Gasteiger partial charge < -0.3 is 4.74 Å². The van der Waals surface area contributed by atoms with Crippen LogP contribution in [0.5, 0.6) is 0 Å². The fourth-order valence-electron chi connectivity index (χ4n) is 2.49. The molecule has 1 aliphatic rings. The first-order valence-corrected chi connectivity index (χ1v) is 7.12. The average Bonchev–Trinajstić information content (AvgIpc) is 2.75. The second-order valence-electron chi connectivity index (χ2n) is 5.09. The van der Waals surface area contributed by atoms with Crippen molar-refractivity contribution >= 4 is 5.78 Å². The Bertz CT molecular complexity index is 328. The number of hydrogen-bond donors (Lipinski definition) is 0. The Labute approximate surface area is 111 Å². The lowest BCUT2D eigenvalue weighted by atomic mass is 9.89. The number of carbonyl (C=O) groups excluding carboxylic acids is 1. The maximum atomic E-state index is 12.3. The molecule has 0 aromatic heterocycles. The number of hydrogen-bond acceptors (Lipinski definition) is 2. The van der Waals surface area contributed by atoms with Gasteiger partial charge in [0.1, 0.15) is 0 Å². The molecule has 1 aliphatic carbocycles. The van der Waals surface area contributed by atoms with Gasteiger partial charge in [0.2, 0.25) is 0 Å². The van der Waals surface area contributed by atoms with Gasteiger partial charge in [0.15, 0.2) is 11.4 Å². The van der Waals surface area contributed by atoms with Crippen molar-refractivity contribution in [1.82, 2.24) is 0 Å². The number of ketones is 1. The number of carbonyl (C=O) groups is 1. The molecular formula is C16H26O2. The van der Waals surface area contributed by atoms with Crippen LogP contribution in [0, 0.1) is 0 Å². The van der Waals surface area contributed by atoms with Crippen LogP contribution in [0.4, 0.5) is 0 Å². The Morgan fingerprint density at radius 1 is 1.22 bits per heavy atom. The monoisotopic (exact) mass is 250 g/mol. The van der Waals surface area contributed by atoms with Crippen LogP contribution in [0.2, 0.25) is 0 Å². The number of methoxy groups -OCH3 is 1. The van der Waals surface area contributed by atoms with Crippen LogP contribution < -0.4 is 0 Å². The minimum absolute atomic E-state index is 0.197. The molecule has 2 nitrogen and oxygen atoms in total. The molecule has 0 fully saturated rings. The summed E-state index contributed by atoms with van der Waals surface area (Å²) in [4.78, 5) is 12.3. The molecule has 0 saturated carbocycles. The normalized spacial score (nSPS) is 22.3. The van der Waals surface area contributed by atoms with E-state index < -0.39 is 5.60 Å². The number of ether oxygens (including phenoxy) is 1. The molecule has 1 atom stereocenters. The predicted molar refractivity (Wildman–Crippen MR) is 75.6 cm³/mol. The molecule has 0 aliphatic heterocycles. The van der Waals surface area contributed by atoms with E-state index in [-0.39, 0.29) is 5.78 Å². The van der Waals surface area contributed by atoms with Gasteiger partial charge in [-0.1, -0.05) is 51.2 Å². The number of Topliss-reactive ketones (excluding diaryl/α,β-unsaturated/α-hetero) is 1. The zero-order valence-corrected chi connectivity index (χ0v) is 12.0. The van der Waals surface area contributed by atoms with Crippen molar-refractivity contribution in [3.8, 4) is 0 Å². The fourth-order valence-corrected chi connectivity index (χ4v) is 2.49. The summed E-state index contributed by atoms with van der Waals surface area (Å²) in [6.45, 7) is 4.18. The largest absolute Gasteiger partial charge is 0.362 e. The molecule has 0 heterocycles. The Morgan fingerprint density at radius 3 is 2.44 bits per heavy atom. The molecule has 2 heteroatoms. The first-order chi connectivity index (χ1) is 8.67. The highest BCUT2D eigenvalue weighted by atomic mass is 16.5. The first kappa shape index (κ1) is 15.2. The summed E-state index contributed by atoms with van der Waals surface area (Å²) in [5, 5.41) is 0. The molecule has 1 unspecified atom stereocenters. The second kappa shape index (κ2) is 7.52. The molecule has 0 radical (unpaired) electrons. The SMILES string of the molecule is CCCCCCCCC(=O)C1(OC)C=CC=C1C. The van der Waals surface area contributed by atoms with E-state index in [2.05, 4.69) is 6.92 Å². The summed E-state index contributed by atoms with van der Waals surface area (Å²) < 4.78 is 5.46. The summed E-state index contributed by atoms with van der Waals surface area (Å²) in [7, 11) is 1.62. The van der Waals surface area contributed by atoms with Crippen molar-refractivity contribution in [3.05, 3.63) is 23.8 Å². The third-order valence-corrected chi connectivity index (χ3v) is 3.76. The smallest absolute Gasteiger partial charge is 0.172 e. The van der Waals surface area contributed by atoms with Crippen LogP contribution in [-0.2, 0) is 9.53 Å². The van der Waals surface area contributed by atoms with Crippen LogP contribution in [0.3, 0.4) is 0 Å². The van der Waals surface area contributed by atoms with Gasteiger partial charge in [0, 0.05) is 13.5 Å². The lowest BCUT2D eigenvalue weighted by molar-refractivity contribution is -0.132. The third kappa shape index (κ3) is 3.55. The second-order valence-corrected chi connectivity index (χ2v) is 5.09. The van der Waals surface area contributed by atoms with E-state index in [0.717, 1.165) is 18.4 Å². The van der Waals surface area contributed by atoms with Gasteiger partial charge in [-0.15, -0.1) is 0 Å². The van der Waals surface area contributed by atoms with E-state index >= 15 is 0 Å². The van der Waals surface area contributed by atoms with E-state index in [1.54, 1.807) is 7.11 Å². The van der Waals surface area contributed by atoms with Crippen LogP contribution in [-0.4, -0.2) is 18.5 Å². The highest BCUT2D eigenvalue weighted by Crippen LogP contribution is 2.30. The van der Waals surface area contributed by atoms with E-state index in [1.165, 1.54) is 25.7 Å². The maximum absolute atomic E-state index is 12.3. The van der Waals surface area contributed by atoms with Crippen LogP contribution >= 0.6 is 0 Å². The Balaban J connectivity index is 2.32. The number of unbranched alkanes of at least 4 members (excludes halogenated alkanes) is 5. The quantitative estimate of drug-likeness (QED) is 0.573. The molecule has 102 valence electrons. The van der Waals surface area contributed by atoms with Crippen molar-refractivity contribution in [2.75, 3.05) is 7.11 Å². The average molecular weight is 250 g/mol. The zero-order valence-electron chi connectivity index (χ0n) is 12.0. The van der Waals surface area contributed by atoms with Crippen LogP contribution in [0.15, 0.2) is 23.8 Å². The lowest BCUT2D eigenvalue weighted by Gasteiger charge is -2.26. The van der Waals surface area contributed by atoms with E-state index in [4.69, 9.17) is 4.74 Å². The van der Waals surface area contributed by atoms with Crippen molar-refractivity contribution in [2.24, 2.45) is 0 Å². The number of allylic oxidation sites excluding steroid dienone is 2. The molecular weight excluding hydrogens is 224 g/mol. The standard InChI is InChI=1S/C16H26O2/c1-4-5-6-7-8-9-12-15(17)16(18-3)13-10-11-14(16)2/h10-11,13H,4-9,12H2,1-3H3. The summed E-state index contributed by atoms with van der Waals surface area (Å²) >= 11 is 0. The molecule has 1 rings (SSSR count). The minimum atomic E-state index is -0.760. The Hall–Kier alpha value is -0.890. The Morgan fingerprint density at radius 2 is 1.89 bits per heavy atom. The van der Waals surface area contributed by atoms with Gasteiger partial charge in [-0.3, -0.25) is 4.79 Å². The summed E-state index contributed by atoms with van der Waals surface area (Å²) in [5.74, 6) is 0.197. The summed E-state index contributed by atoms with van der Waals surface area (Å²) in [6.07, 6.45) is 13.6. The highest BCUT2D eigenvalue weighted by molar-refractivity contribution is 5.93. The predicted octanol–water partition coefficient (Wildman–Crippen LogP) is 4.21.